The molecule has 4 heterocycles. The molecule has 3 fully saturated rings. The predicted octanol–water partition coefficient (Wildman–Crippen LogP) is 3.62. The van der Waals surface area contributed by atoms with Crippen molar-refractivity contribution in [2.45, 2.75) is 50.5 Å². The van der Waals surface area contributed by atoms with E-state index in [-0.39, 0.29) is 29.1 Å². The maximum absolute atomic E-state index is 13.6. The summed E-state index contributed by atoms with van der Waals surface area (Å²) in [6, 6.07) is 3.12. The van der Waals surface area contributed by atoms with Crippen LogP contribution in [0.1, 0.15) is 31.7 Å². The van der Waals surface area contributed by atoms with Gasteiger partial charge >= 0.3 is 12.2 Å². The molecule has 6 rings (SSSR count). The lowest BCUT2D eigenvalue weighted by Gasteiger charge is -2.63. The molecular weight excluding hydrogens is 437 g/mol. The molecular formula is C21H21F3N8O. The molecule has 2 saturated heterocycles. The van der Waals surface area contributed by atoms with Crippen LogP contribution in [0.4, 0.5) is 23.7 Å². The van der Waals surface area contributed by atoms with E-state index < -0.39 is 17.3 Å². The molecule has 3 unspecified atom stereocenters. The Kier molecular flexibility index (Phi) is 5.02. The van der Waals surface area contributed by atoms with Crippen LogP contribution in [0.5, 0.6) is 0 Å². The lowest BCUT2D eigenvalue weighted by atomic mass is 9.64. The average molecular weight is 458 g/mol. The first-order chi connectivity index (χ1) is 15.7. The van der Waals surface area contributed by atoms with Crippen LogP contribution in [0, 0.1) is 5.92 Å². The highest BCUT2D eigenvalue weighted by Gasteiger charge is 2.58. The van der Waals surface area contributed by atoms with Crippen molar-refractivity contribution in [1.82, 2.24) is 35.1 Å². The number of carbonyl (C=O) groups excluding carboxylic acids is 1. The van der Waals surface area contributed by atoms with Crippen molar-refractivity contribution in [2.24, 2.45) is 5.92 Å². The molecule has 2 aliphatic heterocycles. The van der Waals surface area contributed by atoms with Gasteiger partial charge in [0.2, 0.25) is 0 Å². The van der Waals surface area contributed by atoms with Gasteiger partial charge in [0.25, 0.3) is 0 Å². The smallest absolute Gasteiger partial charge is 0.314 e. The summed E-state index contributed by atoms with van der Waals surface area (Å²) in [6.45, 7) is 2.68. The first kappa shape index (κ1) is 21.3. The molecule has 3 aliphatic rings. The van der Waals surface area contributed by atoms with Gasteiger partial charge in [0.1, 0.15) is 0 Å². The second-order valence-corrected chi connectivity index (χ2v) is 8.75. The minimum Gasteiger partial charge on any atom is -0.314 e. The van der Waals surface area contributed by atoms with Gasteiger partial charge in [0, 0.05) is 29.7 Å². The van der Waals surface area contributed by atoms with Crippen molar-refractivity contribution in [3.63, 3.8) is 0 Å². The zero-order valence-corrected chi connectivity index (χ0v) is 17.7. The van der Waals surface area contributed by atoms with Crippen LogP contribution in [-0.2, 0) is 12.7 Å². The summed E-state index contributed by atoms with van der Waals surface area (Å²) in [6.07, 6.45) is 3.84. The van der Waals surface area contributed by atoms with Crippen molar-refractivity contribution in [1.29, 1.82) is 0 Å². The monoisotopic (exact) mass is 458 g/mol. The number of halogens is 3. The van der Waals surface area contributed by atoms with Gasteiger partial charge in [0.15, 0.2) is 5.82 Å². The normalized spacial score (nSPS) is 24.3. The number of anilines is 1. The maximum atomic E-state index is 13.6. The summed E-state index contributed by atoms with van der Waals surface area (Å²) in [4.78, 5) is 19.0. The van der Waals surface area contributed by atoms with Crippen LogP contribution in [0.2, 0.25) is 0 Å². The van der Waals surface area contributed by atoms with E-state index in [4.69, 9.17) is 0 Å². The lowest BCUT2D eigenvalue weighted by molar-refractivity contribution is -0.137. The number of amides is 2. The third-order valence-corrected chi connectivity index (χ3v) is 6.34. The number of hydrogen-bond acceptors (Lipinski definition) is 6. The molecule has 1 aromatic carbocycles. The number of piperidine rings is 1. The number of carbonyl (C=O) groups is 1. The van der Waals surface area contributed by atoms with Crippen LogP contribution >= 0.6 is 0 Å². The van der Waals surface area contributed by atoms with Gasteiger partial charge in [0.05, 0.1) is 30.0 Å². The Balaban J connectivity index is 1.43. The van der Waals surface area contributed by atoms with Gasteiger partial charge in [-0.1, -0.05) is 12.1 Å². The molecule has 12 heteroatoms. The fourth-order valence-electron chi connectivity index (χ4n) is 5.28. The lowest BCUT2D eigenvalue weighted by Crippen LogP contribution is -2.73. The molecule has 2 bridgehead atoms. The predicted molar refractivity (Wildman–Crippen MR) is 111 cm³/mol. The Labute approximate surface area is 187 Å². The van der Waals surface area contributed by atoms with E-state index in [0.717, 1.165) is 25.3 Å². The van der Waals surface area contributed by atoms with Crippen molar-refractivity contribution in [3.8, 4) is 11.4 Å². The topological polar surface area (TPSA) is 102 Å². The highest BCUT2D eigenvalue weighted by atomic mass is 19.4. The molecule has 33 heavy (non-hydrogen) atoms. The second kappa shape index (κ2) is 7.78. The molecule has 3 atom stereocenters. The number of urea groups is 1. The standard InChI is InChI=1S/C21H21F3N8O/c1-13-8-15-11-20(10-13,12-31-7-6-27-30-31)32(15)19(33)28-14-2-3-17(21(22,23)24)16(9-14)18-25-4-5-26-29-18/h2-7,9,13,15H,8,10-12H2,1H3,(H,28,33). The summed E-state index contributed by atoms with van der Waals surface area (Å²) >= 11 is 0. The molecule has 1 aliphatic carbocycles. The third-order valence-electron chi connectivity index (χ3n) is 6.34. The summed E-state index contributed by atoms with van der Waals surface area (Å²) < 4.78 is 42.4. The number of rotatable bonds is 4. The molecule has 0 spiro atoms. The molecule has 1 saturated carbocycles. The zero-order chi connectivity index (χ0) is 23.2. The molecule has 3 aromatic rings. The first-order valence-corrected chi connectivity index (χ1v) is 10.5. The number of nitrogens with zero attached hydrogens (tertiary/aromatic N) is 7. The van der Waals surface area contributed by atoms with Crippen molar-refractivity contribution >= 4 is 11.7 Å². The number of aromatic nitrogens is 6. The Morgan fingerprint density at radius 3 is 2.76 bits per heavy atom. The average Bonchev–Trinajstić information content (AvgIpc) is 3.25. The van der Waals surface area contributed by atoms with E-state index >= 15 is 0 Å². The molecule has 1 N–H and O–H groups in total. The molecule has 9 nitrogen and oxygen atoms in total. The van der Waals surface area contributed by atoms with Crippen molar-refractivity contribution in [3.05, 3.63) is 48.5 Å². The number of hydrogen-bond donors (Lipinski definition) is 1. The Morgan fingerprint density at radius 2 is 2.06 bits per heavy atom. The highest BCUT2D eigenvalue weighted by molar-refractivity contribution is 5.92. The number of benzene rings is 1. The minimum atomic E-state index is -4.61. The molecule has 0 radical (unpaired) electrons. The molecule has 2 amide bonds. The third kappa shape index (κ3) is 3.89. The van der Waals surface area contributed by atoms with E-state index in [1.54, 1.807) is 17.1 Å². The summed E-state index contributed by atoms with van der Waals surface area (Å²) in [7, 11) is 0. The van der Waals surface area contributed by atoms with Crippen LogP contribution in [0.3, 0.4) is 0 Å². The van der Waals surface area contributed by atoms with Crippen molar-refractivity contribution in [2.75, 3.05) is 5.32 Å². The van der Waals surface area contributed by atoms with Crippen LogP contribution in [0.25, 0.3) is 11.4 Å². The fraction of sp³-hybridized carbons (Fsp3) is 0.429. The number of nitrogens with one attached hydrogen (secondary N) is 1. The van der Waals surface area contributed by atoms with E-state index in [1.165, 1.54) is 24.5 Å². The zero-order valence-electron chi connectivity index (χ0n) is 17.7. The van der Waals surface area contributed by atoms with Crippen molar-refractivity contribution < 1.29 is 18.0 Å². The Bertz CT molecular complexity index is 1150. The number of fused-ring (bicyclic) bond motifs is 2. The Hall–Kier alpha value is -3.57. The van der Waals surface area contributed by atoms with E-state index in [0.29, 0.717) is 12.5 Å². The van der Waals surface area contributed by atoms with Gasteiger partial charge in [-0.05, 0) is 43.4 Å². The van der Waals surface area contributed by atoms with Gasteiger partial charge in [-0.2, -0.15) is 18.3 Å². The van der Waals surface area contributed by atoms with Gasteiger partial charge in [-0.25, -0.2) is 9.78 Å². The first-order valence-electron chi connectivity index (χ1n) is 10.5. The SMILES string of the molecule is CC1CC2CC(Cn3ccnn3)(C1)N2C(=O)Nc1ccc(C(F)(F)F)c(-c2nccnn2)c1. The summed E-state index contributed by atoms with van der Waals surface area (Å²) in [5.74, 6) is 0.287. The van der Waals surface area contributed by atoms with Gasteiger partial charge < -0.3 is 10.2 Å². The summed E-state index contributed by atoms with van der Waals surface area (Å²) in [5, 5.41) is 18.0. The van der Waals surface area contributed by atoms with Crippen LogP contribution < -0.4 is 5.32 Å². The molecule has 172 valence electrons. The van der Waals surface area contributed by atoms with Gasteiger partial charge in [-0.15, -0.1) is 10.2 Å². The largest absolute Gasteiger partial charge is 0.417 e. The van der Waals surface area contributed by atoms with E-state index in [1.807, 2.05) is 4.90 Å². The van der Waals surface area contributed by atoms with Crippen LogP contribution in [-0.4, -0.2) is 52.7 Å². The summed E-state index contributed by atoms with van der Waals surface area (Å²) in [5.41, 5.74) is -1.32. The van der Waals surface area contributed by atoms with E-state index in [9.17, 15) is 18.0 Å². The van der Waals surface area contributed by atoms with Gasteiger partial charge in [-0.3, -0.25) is 4.68 Å². The van der Waals surface area contributed by atoms with Crippen LogP contribution in [0.15, 0.2) is 43.0 Å². The Morgan fingerprint density at radius 1 is 1.21 bits per heavy atom. The minimum absolute atomic E-state index is 0.0767. The number of alkyl halides is 3. The highest BCUT2D eigenvalue weighted by Crippen LogP contribution is 2.50. The quantitative estimate of drug-likeness (QED) is 0.641. The fourth-order valence-corrected chi connectivity index (χ4v) is 5.28. The van der Waals surface area contributed by atoms with E-state index in [2.05, 4.69) is 37.7 Å². The second-order valence-electron chi connectivity index (χ2n) is 8.75. The molecule has 2 aromatic heterocycles. The maximum Gasteiger partial charge on any atom is 0.417 e.